The third-order valence-electron chi connectivity index (χ3n) is 2.54. The van der Waals surface area contributed by atoms with Crippen LogP contribution in [0.4, 0.5) is 0 Å². The van der Waals surface area contributed by atoms with E-state index in [9.17, 15) is 0 Å². The highest BCUT2D eigenvalue weighted by atomic mass is 14.1. The lowest BCUT2D eigenvalue weighted by Crippen LogP contribution is -2.01. The molecule has 0 spiro atoms. The Morgan fingerprint density at radius 3 is 2.25 bits per heavy atom. The van der Waals surface area contributed by atoms with Gasteiger partial charge >= 0.3 is 0 Å². The van der Waals surface area contributed by atoms with Crippen LogP contribution in [0.25, 0.3) is 0 Å². The van der Waals surface area contributed by atoms with Gasteiger partial charge in [-0.05, 0) is 11.8 Å². The average Bonchev–Trinajstić information content (AvgIpc) is 2.02. The first-order valence-corrected chi connectivity index (χ1v) is 5.48. The van der Waals surface area contributed by atoms with E-state index >= 15 is 0 Å². The topological polar surface area (TPSA) is 0 Å². The van der Waals surface area contributed by atoms with Gasteiger partial charge in [0.1, 0.15) is 7.28 Å². The largest absolute Gasteiger partial charge is 0.106 e. The molecule has 1 atom stereocenters. The van der Waals surface area contributed by atoms with Gasteiger partial charge in [0.2, 0.25) is 0 Å². The van der Waals surface area contributed by atoms with E-state index < -0.39 is 0 Å². The fourth-order valence-corrected chi connectivity index (χ4v) is 1.64. The molecule has 12 heavy (non-hydrogen) atoms. The molecule has 0 bridgehead atoms. The van der Waals surface area contributed by atoms with Gasteiger partial charge in [0, 0.05) is 0 Å². The van der Waals surface area contributed by atoms with Crippen molar-refractivity contribution in [3.8, 4) is 0 Å². The zero-order valence-corrected chi connectivity index (χ0v) is 9.27. The van der Waals surface area contributed by atoms with Gasteiger partial charge in [-0.3, -0.25) is 0 Å². The molecular formula is C11H24B. The second-order valence-corrected chi connectivity index (χ2v) is 4.24. The molecule has 1 heteroatoms. The summed E-state index contributed by atoms with van der Waals surface area (Å²) in [7, 11) is 2.31. The lowest BCUT2D eigenvalue weighted by atomic mass is 9.70. The van der Waals surface area contributed by atoms with Crippen molar-refractivity contribution in [3.05, 3.63) is 0 Å². The standard InChI is InChI=1S/C11H24B/c1-5-11(9-12-4)8-6-7-10(2)3/h10-11H,5-9H2,1-4H3. The highest BCUT2D eigenvalue weighted by Gasteiger charge is 2.05. The lowest BCUT2D eigenvalue weighted by molar-refractivity contribution is 0.448. The van der Waals surface area contributed by atoms with Gasteiger partial charge in [0.15, 0.2) is 0 Å². The van der Waals surface area contributed by atoms with E-state index in [1.54, 1.807) is 0 Å². The molecule has 0 heterocycles. The molecule has 0 aliphatic carbocycles. The van der Waals surface area contributed by atoms with Crippen molar-refractivity contribution < 1.29 is 0 Å². The van der Waals surface area contributed by atoms with Crippen molar-refractivity contribution in [2.45, 2.75) is 59.6 Å². The molecule has 0 aromatic rings. The Morgan fingerprint density at radius 2 is 1.83 bits per heavy atom. The second kappa shape index (κ2) is 7.70. The molecule has 0 saturated heterocycles. The summed E-state index contributed by atoms with van der Waals surface area (Å²) in [5, 5.41) is 0. The molecule has 0 aliphatic rings. The number of hydrogen-bond donors (Lipinski definition) is 0. The Hall–Kier alpha value is 0.0649. The first-order chi connectivity index (χ1) is 5.70. The van der Waals surface area contributed by atoms with Crippen LogP contribution in [-0.2, 0) is 0 Å². The Morgan fingerprint density at radius 1 is 1.17 bits per heavy atom. The average molecular weight is 167 g/mol. The molecule has 0 aromatic heterocycles. The van der Waals surface area contributed by atoms with E-state index in [0.29, 0.717) is 0 Å². The summed E-state index contributed by atoms with van der Waals surface area (Å²) >= 11 is 0. The highest BCUT2D eigenvalue weighted by Crippen LogP contribution is 2.18. The second-order valence-electron chi connectivity index (χ2n) is 4.24. The van der Waals surface area contributed by atoms with Gasteiger partial charge in [-0.15, -0.1) is 0 Å². The molecule has 0 N–H and O–H groups in total. The Kier molecular flexibility index (Phi) is 7.74. The van der Waals surface area contributed by atoms with Crippen LogP contribution >= 0.6 is 0 Å². The fraction of sp³-hybridized carbons (Fsp3) is 1.00. The van der Waals surface area contributed by atoms with Crippen LogP contribution in [0.3, 0.4) is 0 Å². The lowest BCUT2D eigenvalue weighted by Gasteiger charge is -2.13. The molecular weight excluding hydrogens is 143 g/mol. The van der Waals surface area contributed by atoms with Gasteiger partial charge < -0.3 is 0 Å². The third-order valence-corrected chi connectivity index (χ3v) is 2.54. The molecule has 1 radical (unpaired) electrons. The van der Waals surface area contributed by atoms with E-state index in [1.807, 2.05) is 0 Å². The van der Waals surface area contributed by atoms with Gasteiger partial charge in [0.25, 0.3) is 0 Å². The third kappa shape index (κ3) is 6.76. The first-order valence-electron chi connectivity index (χ1n) is 5.48. The van der Waals surface area contributed by atoms with E-state index in [-0.39, 0.29) is 0 Å². The first kappa shape index (κ1) is 12.1. The molecule has 0 aliphatic heterocycles. The summed E-state index contributed by atoms with van der Waals surface area (Å²) in [6.07, 6.45) is 6.92. The zero-order valence-electron chi connectivity index (χ0n) is 9.27. The van der Waals surface area contributed by atoms with Crippen LogP contribution in [0.1, 0.15) is 46.5 Å². The van der Waals surface area contributed by atoms with Crippen LogP contribution in [0, 0.1) is 11.8 Å². The van der Waals surface area contributed by atoms with Crippen LogP contribution in [-0.4, -0.2) is 7.28 Å². The molecule has 0 saturated carbocycles. The van der Waals surface area contributed by atoms with Gasteiger partial charge in [-0.25, -0.2) is 0 Å². The van der Waals surface area contributed by atoms with Crippen LogP contribution < -0.4 is 0 Å². The van der Waals surface area contributed by atoms with Gasteiger partial charge in [-0.1, -0.05) is 59.6 Å². The van der Waals surface area contributed by atoms with E-state index in [4.69, 9.17) is 0 Å². The van der Waals surface area contributed by atoms with Gasteiger partial charge in [0.05, 0.1) is 0 Å². The minimum absolute atomic E-state index is 0.883. The molecule has 0 fully saturated rings. The summed E-state index contributed by atoms with van der Waals surface area (Å²) in [5.74, 6) is 1.84. The van der Waals surface area contributed by atoms with Crippen molar-refractivity contribution in [2.75, 3.05) is 0 Å². The minimum atomic E-state index is 0.883. The van der Waals surface area contributed by atoms with Crippen molar-refractivity contribution in [2.24, 2.45) is 11.8 Å². The number of hydrogen-bond acceptors (Lipinski definition) is 0. The van der Waals surface area contributed by atoms with Crippen molar-refractivity contribution in [1.82, 2.24) is 0 Å². The van der Waals surface area contributed by atoms with Crippen molar-refractivity contribution in [1.29, 1.82) is 0 Å². The molecule has 0 amide bonds. The van der Waals surface area contributed by atoms with E-state index in [2.05, 4.69) is 34.9 Å². The quantitative estimate of drug-likeness (QED) is 0.502. The monoisotopic (exact) mass is 167 g/mol. The molecule has 71 valence electrons. The minimum Gasteiger partial charge on any atom is -0.0920 e. The molecule has 0 nitrogen and oxygen atoms in total. The van der Waals surface area contributed by atoms with Crippen LogP contribution in [0.5, 0.6) is 0 Å². The number of rotatable bonds is 7. The van der Waals surface area contributed by atoms with Crippen molar-refractivity contribution in [3.63, 3.8) is 0 Å². The smallest absolute Gasteiger partial charge is 0.0920 e. The normalized spacial score (nSPS) is 13.4. The predicted molar refractivity (Wildman–Crippen MR) is 58.9 cm³/mol. The van der Waals surface area contributed by atoms with Crippen LogP contribution in [0.2, 0.25) is 13.1 Å². The Bertz CT molecular complexity index is 89.0. The Labute approximate surface area is 79.4 Å². The maximum absolute atomic E-state index is 2.31. The summed E-state index contributed by atoms with van der Waals surface area (Å²) in [5.41, 5.74) is 0. The summed E-state index contributed by atoms with van der Waals surface area (Å²) in [6.45, 7) is 9.11. The Balaban J connectivity index is 3.31. The van der Waals surface area contributed by atoms with Gasteiger partial charge in [-0.2, -0.15) is 0 Å². The van der Waals surface area contributed by atoms with Crippen molar-refractivity contribution >= 4 is 7.28 Å². The summed E-state index contributed by atoms with van der Waals surface area (Å²) in [6, 6.07) is 0. The van der Waals surface area contributed by atoms with E-state index in [0.717, 1.165) is 11.8 Å². The molecule has 0 rings (SSSR count). The molecule has 1 unspecified atom stereocenters. The maximum Gasteiger partial charge on any atom is 0.106 e. The summed E-state index contributed by atoms with van der Waals surface area (Å²) < 4.78 is 0. The summed E-state index contributed by atoms with van der Waals surface area (Å²) in [4.78, 5) is 0. The fourth-order valence-electron chi connectivity index (χ4n) is 1.64. The highest BCUT2D eigenvalue weighted by molar-refractivity contribution is 6.33. The predicted octanol–water partition coefficient (Wildman–Crippen LogP) is 4.01. The SMILES string of the molecule is C[B]CC(CC)CCCC(C)C. The van der Waals surface area contributed by atoms with Crippen LogP contribution in [0.15, 0.2) is 0 Å². The zero-order chi connectivity index (χ0) is 9.40. The maximum atomic E-state index is 2.31. The molecule has 0 aromatic carbocycles. The van der Waals surface area contributed by atoms with E-state index in [1.165, 1.54) is 32.0 Å².